The van der Waals surface area contributed by atoms with E-state index in [1.165, 1.54) is 11.1 Å². The molecule has 1 fully saturated rings. The second-order valence-electron chi connectivity index (χ2n) is 6.95. The summed E-state index contributed by atoms with van der Waals surface area (Å²) >= 11 is 0. The number of aryl methyl sites for hydroxylation is 1. The van der Waals surface area contributed by atoms with Gasteiger partial charge in [0.25, 0.3) is 0 Å². The molecule has 0 amide bonds. The Morgan fingerprint density at radius 1 is 1.23 bits per heavy atom. The molecule has 0 saturated carbocycles. The Balaban J connectivity index is 1.98. The van der Waals surface area contributed by atoms with E-state index in [4.69, 9.17) is 4.74 Å². The van der Waals surface area contributed by atoms with Crippen LogP contribution >= 0.6 is 0 Å². The molecule has 0 radical (unpaired) electrons. The Bertz CT molecular complexity index is 741. The summed E-state index contributed by atoms with van der Waals surface area (Å²) in [6.07, 6.45) is 2.67. The first-order chi connectivity index (χ1) is 12.6. The molecule has 26 heavy (non-hydrogen) atoms. The first-order valence-corrected chi connectivity index (χ1v) is 9.32. The van der Waals surface area contributed by atoms with Crippen molar-refractivity contribution in [2.75, 3.05) is 20.2 Å². The third kappa shape index (κ3) is 4.07. The monoisotopic (exact) mass is 353 g/mol. The molecule has 2 atom stereocenters. The largest absolute Gasteiger partial charge is 0.497 e. The number of methoxy groups -OCH3 is 1. The molecule has 2 aromatic carbocycles. The molecule has 1 aliphatic heterocycles. The predicted octanol–water partition coefficient (Wildman–Crippen LogP) is 4.14. The van der Waals surface area contributed by atoms with Gasteiger partial charge in [-0.1, -0.05) is 43.3 Å². The van der Waals surface area contributed by atoms with Crippen molar-refractivity contribution in [1.82, 2.24) is 4.90 Å². The van der Waals surface area contributed by atoms with E-state index in [-0.39, 0.29) is 12.0 Å². The van der Waals surface area contributed by atoms with Crippen LogP contribution in [0.25, 0.3) is 0 Å². The van der Waals surface area contributed by atoms with Gasteiger partial charge in [-0.15, -0.1) is 0 Å². The molecule has 2 unspecified atom stereocenters. The molecule has 1 aliphatic rings. The second-order valence-corrected chi connectivity index (χ2v) is 6.95. The van der Waals surface area contributed by atoms with E-state index in [1.807, 2.05) is 12.1 Å². The Morgan fingerprint density at radius 3 is 2.65 bits per heavy atom. The number of carbonyl (C=O) groups is 1. The molecule has 1 heterocycles. The highest BCUT2D eigenvalue weighted by Gasteiger charge is 2.31. The highest BCUT2D eigenvalue weighted by atomic mass is 16.5. The topological polar surface area (TPSA) is 49.8 Å². The number of carboxylic acid groups (broad SMARTS) is 1. The fourth-order valence-electron chi connectivity index (χ4n) is 3.80. The number of rotatable bonds is 6. The predicted molar refractivity (Wildman–Crippen MR) is 103 cm³/mol. The van der Waals surface area contributed by atoms with Crippen LogP contribution in [0.1, 0.15) is 42.5 Å². The van der Waals surface area contributed by atoms with Gasteiger partial charge in [0.1, 0.15) is 5.75 Å². The summed E-state index contributed by atoms with van der Waals surface area (Å²) in [5.41, 5.74) is 3.64. The minimum absolute atomic E-state index is 0.0400. The molecule has 0 aromatic heterocycles. The Labute approximate surface area is 155 Å². The van der Waals surface area contributed by atoms with Crippen LogP contribution in [0.2, 0.25) is 0 Å². The lowest BCUT2D eigenvalue weighted by Gasteiger charge is -2.37. The maximum absolute atomic E-state index is 11.5. The van der Waals surface area contributed by atoms with Crippen LogP contribution in [0.3, 0.4) is 0 Å². The molecule has 0 spiro atoms. The summed E-state index contributed by atoms with van der Waals surface area (Å²) in [6, 6.07) is 16.8. The fourth-order valence-corrected chi connectivity index (χ4v) is 3.80. The highest BCUT2D eigenvalue weighted by Crippen LogP contribution is 2.34. The van der Waals surface area contributed by atoms with E-state index in [9.17, 15) is 9.90 Å². The number of hydrogen-bond donors (Lipinski definition) is 1. The van der Waals surface area contributed by atoms with Crippen molar-refractivity contribution in [3.8, 4) is 5.75 Å². The van der Waals surface area contributed by atoms with Crippen LogP contribution < -0.4 is 4.74 Å². The fraction of sp³-hybridized carbons (Fsp3) is 0.409. The molecule has 2 aromatic rings. The van der Waals surface area contributed by atoms with E-state index < -0.39 is 5.97 Å². The first kappa shape index (κ1) is 18.5. The summed E-state index contributed by atoms with van der Waals surface area (Å²) in [5.74, 6) is -0.170. The molecular formula is C22H27NO3. The van der Waals surface area contributed by atoms with Gasteiger partial charge in [-0.3, -0.25) is 9.69 Å². The van der Waals surface area contributed by atoms with Gasteiger partial charge in [0.05, 0.1) is 19.1 Å². The standard InChI is InChI=1S/C22H27NO3/c1-3-16-9-11-17(12-10-16)21(18-6-4-8-20(14-18)26-2)23-13-5-7-19(15-23)22(24)25/h4,6,8-12,14,19,21H,3,5,7,13,15H2,1-2H3,(H,24,25). The van der Waals surface area contributed by atoms with Crippen molar-refractivity contribution in [2.24, 2.45) is 5.92 Å². The quantitative estimate of drug-likeness (QED) is 0.848. The van der Waals surface area contributed by atoms with Crippen molar-refractivity contribution in [2.45, 2.75) is 32.2 Å². The summed E-state index contributed by atoms with van der Waals surface area (Å²) in [6.45, 7) is 3.63. The summed E-state index contributed by atoms with van der Waals surface area (Å²) in [7, 11) is 1.67. The van der Waals surface area contributed by atoms with Crippen LogP contribution in [-0.2, 0) is 11.2 Å². The molecular weight excluding hydrogens is 326 g/mol. The lowest BCUT2D eigenvalue weighted by molar-refractivity contribution is -0.143. The van der Waals surface area contributed by atoms with Crippen LogP contribution in [0.15, 0.2) is 48.5 Å². The first-order valence-electron chi connectivity index (χ1n) is 9.32. The normalized spacial score (nSPS) is 19.1. The highest BCUT2D eigenvalue weighted by molar-refractivity contribution is 5.70. The van der Waals surface area contributed by atoms with Gasteiger partial charge in [0, 0.05) is 6.54 Å². The van der Waals surface area contributed by atoms with E-state index in [2.05, 4.69) is 48.2 Å². The van der Waals surface area contributed by atoms with Gasteiger partial charge < -0.3 is 9.84 Å². The number of hydrogen-bond acceptors (Lipinski definition) is 3. The molecule has 3 rings (SSSR count). The summed E-state index contributed by atoms with van der Waals surface area (Å²) in [4.78, 5) is 13.8. The van der Waals surface area contributed by atoms with Gasteiger partial charge in [-0.25, -0.2) is 0 Å². The molecule has 1 saturated heterocycles. The van der Waals surface area contributed by atoms with Gasteiger partial charge in [-0.2, -0.15) is 0 Å². The number of piperidine rings is 1. The number of likely N-dealkylation sites (tertiary alicyclic amines) is 1. The van der Waals surface area contributed by atoms with Crippen LogP contribution in [0.5, 0.6) is 5.75 Å². The van der Waals surface area contributed by atoms with Gasteiger partial charge >= 0.3 is 5.97 Å². The summed E-state index contributed by atoms with van der Waals surface area (Å²) < 4.78 is 5.41. The number of nitrogens with zero attached hydrogens (tertiary/aromatic N) is 1. The number of carboxylic acids is 1. The lowest BCUT2D eigenvalue weighted by atomic mass is 9.91. The maximum atomic E-state index is 11.5. The van der Waals surface area contributed by atoms with Crippen molar-refractivity contribution in [3.05, 3.63) is 65.2 Å². The van der Waals surface area contributed by atoms with Gasteiger partial charge in [0.2, 0.25) is 0 Å². The number of ether oxygens (including phenoxy) is 1. The Hall–Kier alpha value is -2.33. The minimum Gasteiger partial charge on any atom is -0.497 e. The SMILES string of the molecule is CCc1ccc(C(c2cccc(OC)c2)N2CCCC(C(=O)O)C2)cc1. The van der Waals surface area contributed by atoms with Crippen LogP contribution in [-0.4, -0.2) is 36.2 Å². The molecule has 138 valence electrons. The minimum atomic E-state index is -0.694. The van der Waals surface area contributed by atoms with Crippen LogP contribution in [0, 0.1) is 5.92 Å². The zero-order chi connectivity index (χ0) is 18.5. The third-order valence-electron chi connectivity index (χ3n) is 5.28. The van der Waals surface area contributed by atoms with Crippen molar-refractivity contribution in [1.29, 1.82) is 0 Å². The van der Waals surface area contributed by atoms with Gasteiger partial charge in [0.15, 0.2) is 0 Å². The van der Waals surface area contributed by atoms with E-state index in [1.54, 1.807) is 7.11 Å². The number of aliphatic carboxylic acids is 1. The average Bonchev–Trinajstić information content (AvgIpc) is 2.69. The number of benzene rings is 2. The average molecular weight is 353 g/mol. The molecule has 4 heteroatoms. The maximum Gasteiger partial charge on any atom is 0.307 e. The van der Waals surface area contributed by atoms with Crippen LogP contribution in [0.4, 0.5) is 0 Å². The van der Waals surface area contributed by atoms with E-state index in [0.717, 1.165) is 37.1 Å². The van der Waals surface area contributed by atoms with Crippen molar-refractivity contribution < 1.29 is 14.6 Å². The summed E-state index contributed by atoms with van der Waals surface area (Å²) in [5, 5.41) is 9.48. The zero-order valence-corrected chi connectivity index (χ0v) is 15.5. The van der Waals surface area contributed by atoms with E-state index >= 15 is 0 Å². The van der Waals surface area contributed by atoms with Crippen molar-refractivity contribution in [3.63, 3.8) is 0 Å². The zero-order valence-electron chi connectivity index (χ0n) is 15.5. The molecule has 4 nitrogen and oxygen atoms in total. The molecule has 0 aliphatic carbocycles. The Morgan fingerprint density at radius 2 is 2.00 bits per heavy atom. The van der Waals surface area contributed by atoms with E-state index in [0.29, 0.717) is 6.54 Å². The lowest BCUT2D eigenvalue weighted by Crippen LogP contribution is -2.41. The second kappa shape index (κ2) is 8.37. The van der Waals surface area contributed by atoms with Crippen molar-refractivity contribution >= 4 is 5.97 Å². The smallest absolute Gasteiger partial charge is 0.307 e. The molecule has 0 bridgehead atoms. The third-order valence-corrected chi connectivity index (χ3v) is 5.28. The Kier molecular flexibility index (Phi) is 5.94. The molecule has 1 N–H and O–H groups in total. The van der Waals surface area contributed by atoms with Gasteiger partial charge in [-0.05, 0) is 54.6 Å².